The third-order valence-corrected chi connectivity index (χ3v) is 2.29. The van der Waals surface area contributed by atoms with Crippen LogP contribution in [0.4, 0.5) is 0 Å². The molecule has 2 rings (SSSR count). The van der Waals surface area contributed by atoms with Crippen LogP contribution in [0.1, 0.15) is 19.3 Å². The Bertz CT molecular complexity index is 139. The fourth-order valence-corrected chi connectivity index (χ4v) is 1.65. The number of nitrogens with two attached hydrogens (primary N) is 1. The van der Waals surface area contributed by atoms with Crippen LogP contribution in [-0.2, 0) is 0 Å². The van der Waals surface area contributed by atoms with E-state index < -0.39 is 0 Å². The van der Waals surface area contributed by atoms with E-state index in [9.17, 15) is 0 Å². The molecule has 8 heavy (non-hydrogen) atoms. The molecule has 0 aromatic heterocycles. The van der Waals surface area contributed by atoms with E-state index in [-0.39, 0.29) is 0 Å². The first kappa shape index (κ1) is 4.36. The average molecular weight is 110 g/mol. The van der Waals surface area contributed by atoms with Crippen molar-refractivity contribution in [2.45, 2.75) is 19.3 Å². The Kier molecular flexibility index (Phi) is 0.678. The largest absolute Gasteiger partial charge is 0.323 e. The molecule has 2 atom stereocenters. The molecule has 2 aliphatic rings. The van der Waals surface area contributed by atoms with Crippen molar-refractivity contribution in [2.75, 3.05) is 0 Å². The summed E-state index contributed by atoms with van der Waals surface area (Å²) in [7, 11) is 0. The number of hydrogen-bond acceptors (Lipinski definition) is 2. The summed E-state index contributed by atoms with van der Waals surface area (Å²) in [6, 6.07) is 0. The Labute approximate surface area is 48.8 Å². The second-order valence-electron chi connectivity index (χ2n) is 2.76. The molecule has 2 heteroatoms. The van der Waals surface area contributed by atoms with Crippen molar-refractivity contribution in [2.24, 2.45) is 22.8 Å². The van der Waals surface area contributed by atoms with Gasteiger partial charge in [-0.2, -0.15) is 5.10 Å². The Hall–Kier alpha value is -0.530. The van der Waals surface area contributed by atoms with Gasteiger partial charge in [-0.05, 0) is 25.2 Å². The van der Waals surface area contributed by atoms with E-state index in [0.717, 1.165) is 11.8 Å². The molecule has 0 aromatic carbocycles. The van der Waals surface area contributed by atoms with Crippen molar-refractivity contribution >= 4 is 5.71 Å². The highest BCUT2D eigenvalue weighted by Crippen LogP contribution is 2.49. The number of nitrogens with zero attached hydrogens (tertiary/aromatic N) is 1. The van der Waals surface area contributed by atoms with E-state index in [1.807, 2.05) is 0 Å². The molecule has 0 heterocycles. The van der Waals surface area contributed by atoms with Crippen LogP contribution in [-0.4, -0.2) is 5.71 Å². The quantitative estimate of drug-likeness (QED) is 0.362. The molecular formula is C6H10N2. The highest BCUT2D eigenvalue weighted by molar-refractivity contribution is 5.91. The maximum Gasteiger partial charge on any atom is 0.0409 e. The predicted octanol–water partition coefficient (Wildman–Crippen LogP) is 0.731. The van der Waals surface area contributed by atoms with E-state index in [4.69, 9.17) is 5.84 Å². The predicted molar refractivity (Wildman–Crippen MR) is 32.5 cm³/mol. The monoisotopic (exact) mass is 110 g/mol. The summed E-state index contributed by atoms with van der Waals surface area (Å²) in [4.78, 5) is 0. The van der Waals surface area contributed by atoms with Crippen LogP contribution in [0.15, 0.2) is 5.10 Å². The second-order valence-corrected chi connectivity index (χ2v) is 2.76. The van der Waals surface area contributed by atoms with Crippen molar-refractivity contribution in [1.82, 2.24) is 0 Å². The third kappa shape index (κ3) is 0.403. The second kappa shape index (κ2) is 1.24. The lowest BCUT2D eigenvalue weighted by Gasteiger charge is -1.90. The topological polar surface area (TPSA) is 38.4 Å². The summed E-state index contributed by atoms with van der Waals surface area (Å²) in [5.74, 6) is 6.94. The standard InChI is InChI=1S/C6H10N2/c7-8-6-2-1-4-3-5(4)6/h4-5H,1-3,7H2/b8-6-/t4-,5+/m0/s1. The van der Waals surface area contributed by atoms with Crippen molar-refractivity contribution in [1.29, 1.82) is 0 Å². The van der Waals surface area contributed by atoms with Crippen LogP contribution in [0.5, 0.6) is 0 Å². The van der Waals surface area contributed by atoms with Crippen molar-refractivity contribution in [3.8, 4) is 0 Å². The highest BCUT2D eigenvalue weighted by atomic mass is 15.1. The van der Waals surface area contributed by atoms with Crippen LogP contribution in [0, 0.1) is 11.8 Å². The molecule has 2 nitrogen and oxygen atoms in total. The Morgan fingerprint density at radius 1 is 1.62 bits per heavy atom. The highest BCUT2D eigenvalue weighted by Gasteiger charge is 2.45. The minimum absolute atomic E-state index is 0.819. The Morgan fingerprint density at radius 2 is 2.50 bits per heavy atom. The van der Waals surface area contributed by atoms with Crippen molar-refractivity contribution in [3.63, 3.8) is 0 Å². The van der Waals surface area contributed by atoms with Crippen LogP contribution >= 0.6 is 0 Å². The first-order valence-corrected chi connectivity index (χ1v) is 3.18. The molecule has 44 valence electrons. The number of rotatable bonds is 0. The average Bonchev–Trinajstić information content (AvgIpc) is 2.46. The molecule has 2 fully saturated rings. The molecular weight excluding hydrogens is 100 g/mol. The lowest BCUT2D eigenvalue weighted by atomic mass is 10.2. The van der Waals surface area contributed by atoms with Crippen LogP contribution in [0.3, 0.4) is 0 Å². The van der Waals surface area contributed by atoms with E-state index in [2.05, 4.69) is 5.10 Å². The first-order chi connectivity index (χ1) is 3.92. The zero-order chi connectivity index (χ0) is 5.56. The third-order valence-electron chi connectivity index (χ3n) is 2.29. The molecule has 2 aliphatic carbocycles. The van der Waals surface area contributed by atoms with Gasteiger partial charge in [-0.1, -0.05) is 0 Å². The summed E-state index contributed by atoms with van der Waals surface area (Å²) in [6.07, 6.45) is 3.89. The van der Waals surface area contributed by atoms with Crippen molar-refractivity contribution in [3.05, 3.63) is 0 Å². The Balaban J connectivity index is 2.17. The molecule has 2 saturated carbocycles. The van der Waals surface area contributed by atoms with Gasteiger partial charge in [-0.15, -0.1) is 0 Å². The molecule has 0 saturated heterocycles. The fraction of sp³-hybridized carbons (Fsp3) is 0.833. The van der Waals surface area contributed by atoms with Gasteiger partial charge in [-0.3, -0.25) is 0 Å². The minimum Gasteiger partial charge on any atom is -0.323 e. The number of fused-ring (bicyclic) bond motifs is 1. The van der Waals surface area contributed by atoms with Crippen LogP contribution in [0.25, 0.3) is 0 Å². The molecule has 0 amide bonds. The lowest BCUT2D eigenvalue weighted by molar-refractivity contribution is 0.791. The molecule has 0 spiro atoms. The van der Waals surface area contributed by atoms with Crippen LogP contribution in [0.2, 0.25) is 0 Å². The molecule has 0 radical (unpaired) electrons. The van der Waals surface area contributed by atoms with Crippen molar-refractivity contribution < 1.29 is 0 Å². The molecule has 2 N–H and O–H groups in total. The van der Waals surface area contributed by atoms with E-state index in [1.54, 1.807) is 0 Å². The summed E-state index contributed by atoms with van der Waals surface area (Å²) in [6.45, 7) is 0. The van der Waals surface area contributed by atoms with Gasteiger partial charge >= 0.3 is 0 Å². The maximum absolute atomic E-state index is 5.14. The van der Waals surface area contributed by atoms with E-state index in [1.165, 1.54) is 25.0 Å². The summed E-state index contributed by atoms with van der Waals surface area (Å²) in [5, 5.41) is 3.73. The summed E-state index contributed by atoms with van der Waals surface area (Å²) in [5.41, 5.74) is 1.27. The Morgan fingerprint density at radius 3 is 2.75 bits per heavy atom. The van der Waals surface area contributed by atoms with Gasteiger partial charge in [0.25, 0.3) is 0 Å². The molecule has 0 aromatic rings. The smallest absolute Gasteiger partial charge is 0.0409 e. The van der Waals surface area contributed by atoms with Gasteiger partial charge in [-0.25, -0.2) is 0 Å². The molecule has 0 bridgehead atoms. The van der Waals surface area contributed by atoms with Gasteiger partial charge in [0, 0.05) is 11.6 Å². The molecule has 0 unspecified atom stereocenters. The molecule has 0 aliphatic heterocycles. The lowest BCUT2D eigenvalue weighted by Crippen LogP contribution is -1.99. The normalized spacial score (nSPS) is 47.2. The maximum atomic E-state index is 5.14. The van der Waals surface area contributed by atoms with Gasteiger partial charge in [0.15, 0.2) is 0 Å². The van der Waals surface area contributed by atoms with Gasteiger partial charge < -0.3 is 5.84 Å². The van der Waals surface area contributed by atoms with Gasteiger partial charge in [0.2, 0.25) is 0 Å². The minimum atomic E-state index is 0.819. The van der Waals surface area contributed by atoms with Gasteiger partial charge in [0.05, 0.1) is 0 Å². The SMILES string of the molecule is N/N=C1/CC[C@H]2C[C@@H]12. The van der Waals surface area contributed by atoms with Gasteiger partial charge in [0.1, 0.15) is 0 Å². The van der Waals surface area contributed by atoms with Crippen LogP contribution < -0.4 is 5.84 Å². The van der Waals surface area contributed by atoms with E-state index >= 15 is 0 Å². The fourth-order valence-electron chi connectivity index (χ4n) is 1.65. The van der Waals surface area contributed by atoms with E-state index in [0.29, 0.717) is 0 Å². The number of hydrogen-bond donors (Lipinski definition) is 1. The zero-order valence-electron chi connectivity index (χ0n) is 4.80. The zero-order valence-corrected chi connectivity index (χ0v) is 4.80. The summed E-state index contributed by atoms with van der Waals surface area (Å²) < 4.78 is 0. The summed E-state index contributed by atoms with van der Waals surface area (Å²) >= 11 is 0. The number of hydrazone groups is 1. The first-order valence-electron chi connectivity index (χ1n) is 3.18.